The van der Waals surface area contributed by atoms with E-state index in [1.165, 1.54) is 5.57 Å². The van der Waals surface area contributed by atoms with Gasteiger partial charge in [-0.25, -0.2) is 0 Å². The molecule has 0 amide bonds. The maximum atomic E-state index is 5.70. The molecular weight excluding hydrogens is 307 g/mol. The summed E-state index contributed by atoms with van der Waals surface area (Å²) < 4.78 is 13.9. The van der Waals surface area contributed by atoms with Gasteiger partial charge in [0.25, 0.3) is 0 Å². The number of allylic oxidation sites excluding steroid dienone is 2. The quantitative estimate of drug-likeness (QED) is 0.724. The summed E-state index contributed by atoms with van der Waals surface area (Å²) in [6, 6.07) is 0. The van der Waals surface area contributed by atoms with Crippen LogP contribution in [0.15, 0.2) is 21.8 Å². The molecule has 0 N–H and O–H groups in total. The first-order chi connectivity index (χ1) is 7.49. The van der Waals surface area contributed by atoms with Crippen molar-refractivity contribution in [1.82, 2.24) is 0 Å². The Bertz CT molecular complexity index is 306. The van der Waals surface area contributed by atoms with Gasteiger partial charge in [-0.15, -0.1) is 0 Å². The summed E-state index contributed by atoms with van der Waals surface area (Å²) in [6.45, 7) is 1.52. The van der Waals surface area contributed by atoms with Crippen LogP contribution in [0, 0.1) is 0 Å². The molecule has 0 aromatic rings. The van der Waals surface area contributed by atoms with Crippen molar-refractivity contribution in [2.24, 2.45) is 0 Å². The van der Waals surface area contributed by atoms with E-state index in [0.29, 0.717) is 0 Å². The van der Waals surface area contributed by atoms with Crippen molar-refractivity contribution >= 4 is 18.4 Å². The van der Waals surface area contributed by atoms with Crippen LogP contribution in [-0.2, 0) is 9.47 Å². The zero-order valence-corrected chi connectivity index (χ0v) is 13.4. The molecule has 0 radical (unpaired) electrons. The predicted octanol–water partition coefficient (Wildman–Crippen LogP) is 3.27. The summed E-state index contributed by atoms with van der Waals surface area (Å²) in [5.74, 6) is -0.262. The molecular formula is C13H22O2Sn. The Balaban J connectivity index is 1.95. The molecule has 0 unspecified atom stereocenters. The van der Waals surface area contributed by atoms with Crippen molar-refractivity contribution in [2.75, 3.05) is 13.2 Å². The van der Waals surface area contributed by atoms with Crippen LogP contribution in [0.5, 0.6) is 0 Å². The van der Waals surface area contributed by atoms with Gasteiger partial charge in [-0.3, -0.25) is 0 Å². The third kappa shape index (κ3) is 3.34. The second-order valence-corrected chi connectivity index (χ2v) is 20.2. The molecule has 0 aromatic carbocycles. The maximum absolute atomic E-state index is 5.70. The molecule has 90 valence electrons. The van der Waals surface area contributed by atoms with Gasteiger partial charge in [-0.2, -0.15) is 0 Å². The first-order valence-electron chi connectivity index (χ1n) is 6.15. The van der Waals surface area contributed by atoms with Crippen LogP contribution >= 0.6 is 0 Å². The first kappa shape index (κ1) is 12.7. The van der Waals surface area contributed by atoms with Gasteiger partial charge < -0.3 is 0 Å². The minimum absolute atomic E-state index is 0.262. The average molecular weight is 329 g/mol. The van der Waals surface area contributed by atoms with Crippen LogP contribution in [0.3, 0.4) is 0 Å². The van der Waals surface area contributed by atoms with Crippen LogP contribution in [0.1, 0.15) is 19.3 Å². The Hall–Kier alpha value is 0.199. The van der Waals surface area contributed by atoms with E-state index >= 15 is 0 Å². The number of rotatable bonds is 2. The second kappa shape index (κ2) is 4.83. The molecule has 0 saturated carbocycles. The molecule has 2 aliphatic rings. The Morgan fingerprint density at radius 3 is 2.44 bits per heavy atom. The Kier molecular flexibility index (Phi) is 3.82. The van der Waals surface area contributed by atoms with Gasteiger partial charge in [0.05, 0.1) is 0 Å². The van der Waals surface area contributed by atoms with E-state index in [4.69, 9.17) is 9.47 Å². The van der Waals surface area contributed by atoms with Crippen LogP contribution in [-0.4, -0.2) is 37.4 Å². The van der Waals surface area contributed by atoms with E-state index in [1.807, 2.05) is 0 Å². The molecule has 1 spiro atoms. The molecule has 1 saturated heterocycles. The summed E-state index contributed by atoms with van der Waals surface area (Å²) in [5.41, 5.74) is 1.47. The van der Waals surface area contributed by atoms with Gasteiger partial charge in [0.15, 0.2) is 0 Å². The molecule has 1 aliphatic carbocycles. The molecule has 3 heteroatoms. The number of hydrogen-bond acceptors (Lipinski definition) is 2. The van der Waals surface area contributed by atoms with Crippen molar-refractivity contribution in [2.45, 2.75) is 39.9 Å². The summed E-state index contributed by atoms with van der Waals surface area (Å²) in [6.07, 6.45) is 7.68. The SMILES string of the molecule is [CH3][Sn]([CH3])([CH3])/[CH]=C\C1=CCC2(CC1)OCCO2. The van der Waals surface area contributed by atoms with Crippen molar-refractivity contribution < 1.29 is 9.47 Å². The molecule has 2 nitrogen and oxygen atoms in total. The van der Waals surface area contributed by atoms with E-state index in [9.17, 15) is 0 Å². The zero-order chi connectivity index (χ0) is 11.6. The molecule has 0 atom stereocenters. The Morgan fingerprint density at radius 2 is 1.94 bits per heavy atom. The molecule has 16 heavy (non-hydrogen) atoms. The van der Waals surface area contributed by atoms with Crippen LogP contribution in [0.25, 0.3) is 0 Å². The van der Waals surface area contributed by atoms with E-state index < -0.39 is 18.4 Å². The standard InChI is InChI=1S/C10H13O2.3CH3.Sn/c1-2-9-3-5-10(6-4-9)11-7-8-12-10;;;;/h1-3H,4-8H2;3*1H3;. The molecule has 1 fully saturated rings. The zero-order valence-electron chi connectivity index (χ0n) is 10.6. The minimum atomic E-state index is -1.74. The van der Waals surface area contributed by atoms with Gasteiger partial charge >= 0.3 is 103 Å². The number of ether oxygens (including phenoxy) is 2. The van der Waals surface area contributed by atoms with E-state index in [2.05, 4.69) is 31.1 Å². The molecule has 1 aliphatic heterocycles. The average Bonchev–Trinajstić information content (AvgIpc) is 2.65. The van der Waals surface area contributed by atoms with Crippen molar-refractivity contribution in [1.29, 1.82) is 0 Å². The second-order valence-electron chi connectivity index (χ2n) is 5.79. The molecule has 0 aromatic heterocycles. The Morgan fingerprint density at radius 1 is 1.25 bits per heavy atom. The van der Waals surface area contributed by atoms with E-state index in [1.54, 1.807) is 0 Å². The summed E-state index contributed by atoms with van der Waals surface area (Å²) >= 11 is -1.74. The van der Waals surface area contributed by atoms with Gasteiger partial charge in [-0.05, 0) is 0 Å². The van der Waals surface area contributed by atoms with Crippen molar-refractivity contribution in [3.8, 4) is 0 Å². The van der Waals surface area contributed by atoms with Crippen LogP contribution < -0.4 is 0 Å². The molecule has 2 rings (SSSR count). The normalized spacial score (nSPS) is 25.3. The fourth-order valence-corrected chi connectivity index (χ4v) is 4.13. The Labute approximate surface area is 103 Å². The van der Waals surface area contributed by atoms with Crippen molar-refractivity contribution in [3.63, 3.8) is 0 Å². The first-order valence-corrected chi connectivity index (χ1v) is 16.4. The van der Waals surface area contributed by atoms with Gasteiger partial charge in [-0.1, -0.05) is 0 Å². The third-order valence-corrected chi connectivity index (χ3v) is 6.41. The molecule has 0 bridgehead atoms. The third-order valence-electron chi connectivity index (χ3n) is 3.08. The van der Waals surface area contributed by atoms with Crippen molar-refractivity contribution in [3.05, 3.63) is 21.8 Å². The fourth-order valence-electron chi connectivity index (χ4n) is 2.09. The van der Waals surface area contributed by atoms with Crippen LogP contribution in [0.2, 0.25) is 14.8 Å². The summed E-state index contributed by atoms with van der Waals surface area (Å²) in [4.78, 5) is 7.29. The molecule has 1 heterocycles. The number of hydrogen-bond donors (Lipinski definition) is 0. The monoisotopic (exact) mass is 330 g/mol. The van der Waals surface area contributed by atoms with Gasteiger partial charge in [0.1, 0.15) is 0 Å². The van der Waals surface area contributed by atoms with E-state index in [0.717, 1.165) is 32.5 Å². The van der Waals surface area contributed by atoms with Crippen LogP contribution in [0.4, 0.5) is 0 Å². The fraction of sp³-hybridized carbons (Fsp3) is 0.692. The topological polar surface area (TPSA) is 18.5 Å². The summed E-state index contributed by atoms with van der Waals surface area (Å²) in [5, 5.41) is 0. The van der Waals surface area contributed by atoms with E-state index in [-0.39, 0.29) is 5.79 Å². The summed E-state index contributed by atoms with van der Waals surface area (Å²) in [7, 11) is 0. The van der Waals surface area contributed by atoms with Gasteiger partial charge in [0, 0.05) is 0 Å². The van der Waals surface area contributed by atoms with Gasteiger partial charge in [0.2, 0.25) is 0 Å². The predicted molar refractivity (Wildman–Crippen MR) is 69.1 cm³/mol.